The molecular formula is C17H24N4O. The van der Waals surface area contributed by atoms with Crippen LogP contribution in [0.25, 0.3) is 11.0 Å². The summed E-state index contributed by atoms with van der Waals surface area (Å²) in [6, 6.07) is 1.98. The number of nitrogens with zero attached hydrogens (tertiary/aromatic N) is 4. The van der Waals surface area contributed by atoms with E-state index in [9.17, 15) is 4.79 Å². The average molecular weight is 300 g/mol. The third-order valence-corrected chi connectivity index (χ3v) is 4.10. The minimum atomic E-state index is -0.167. The second-order valence-electron chi connectivity index (χ2n) is 7.44. The van der Waals surface area contributed by atoms with Crippen molar-refractivity contribution < 1.29 is 4.79 Å². The van der Waals surface area contributed by atoms with Crippen LogP contribution in [0.4, 0.5) is 0 Å². The van der Waals surface area contributed by atoms with Crippen LogP contribution in [0.2, 0.25) is 0 Å². The molecule has 5 nitrogen and oxygen atoms in total. The molecule has 22 heavy (non-hydrogen) atoms. The molecule has 5 heteroatoms. The highest BCUT2D eigenvalue weighted by atomic mass is 16.2. The number of rotatable bonds is 2. The molecule has 2 aromatic rings. The number of amides is 1. The van der Waals surface area contributed by atoms with Crippen LogP contribution in [-0.2, 0) is 5.54 Å². The monoisotopic (exact) mass is 300 g/mol. The molecule has 0 aromatic carbocycles. The van der Waals surface area contributed by atoms with Crippen LogP contribution in [0.1, 0.15) is 61.3 Å². The van der Waals surface area contributed by atoms with Crippen LogP contribution in [0.5, 0.6) is 0 Å². The lowest BCUT2D eigenvalue weighted by atomic mass is 10.1. The van der Waals surface area contributed by atoms with Crippen molar-refractivity contribution in [3.05, 3.63) is 23.0 Å². The van der Waals surface area contributed by atoms with Crippen molar-refractivity contribution >= 4 is 16.9 Å². The second kappa shape index (κ2) is 4.80. The highest BCUT2D eigenvalue weighted by Gasteiger charge is 2.30. The molecule has 1 amide bonds. The molecule has 3 rings (SSSR count). The number of carbonyl (C=O) groups excluding carboxylic acids is 1. The first-order valence-electron chi connectivity index (χ1n) is 7.82. The van der Waals surface area contributed by atoms with Crippen molar-refractivity contribution in [1.82, 2.24) is 19.7 Å². The SMILES string of the molecule is Cc1nn(C(C)(C)C)c2nc(C3CC3)cc(C(=O)N(C)C)c12. The summed E-state index contributed by atoms with van der Waals surface area (Å²) < 4.78 is 1.95. The summed E-state index contributed by atoms with van der Waals surface area (Å²) in [7, 11) is 3.57. The molecule has 2 aromatic heterocycles. The molecule has 1 fully saturated rings. The molecule has 0 aliphatic heterocycles. The molecule has 1 saturated carbocycles. The molecule has 0 unspecified atom stereocenters. The smallest absolute Gasteiger partial charge is 0.254 e. The molecule has 0 saturated heterocycles. The Hall–Kier alpha value is -1.91. The summed E-state index contributed by atoms with van der Waals surface area (Å²) in [6.07, 6.45) is 2.33. The highest BCUT2D eigenvalue weighted by Crippen LogP contribution is 2.41. The third-order valence-electron chi connectivity index (χ3n) is 4.10. The van der Waals surface area contributed by atoms with Gasteiger partial charge in [-0.3, -0.25) is 4.79 Å². The summed E-state index contributed by atoms with van der Waals surface area (Å²) >= 11 is 0. The highest BCUT2D eigenvalue weighted by molar-refractivity contribution is 6.06. The van der Waals surface area contributed by atoms with Gasteiger partial charge < -0.3 is 4.90 Å². The number of hydrogen-bond donors (Lipinski definition) is 0. The molecule has 0 N–H and O–H groups in total. The number of hydrogen-bond acceptors (Lipinski definition) is 3. The van der Waals surface area contributed by atoms with Crippen LogP contribution in [0.15, 0.2) is 6.07 Å². The van der Waals surface area contributed by atoms with E-state index < -0.39 is 0 Å². The van der Waals surface area contributed by atoms with E-state index >= 15 is 0 Å². The van der Waals surface area contributed by atoms with Crippen LogP contribution >= 0.6 is 0 Å². The van der Waals surface area contributed by atoms with Gasteiger partial charge in [0.2, 0.25) is 0 Å². The van der Waals surface area contributed by atoms with E-state index in [0.717, 1.165) is 40.8 Å². The van der Waals surface area contributed by atoms with Crippen LogP contribution in [0.3, 0.4) is 0 Å². The van der Waals surface area contributed by atoms with Crippen molar-refractivity contribution in [2.75, 3.05) is 14.1 Å². The van der Waals surface area contributed by atoms with E-state index in [2.05, 4.69) is 25.9 Å². The van der Waals surface area contributed by atoms with Gasteiger partial charge in [0, 0.05) is 25.7 Å². The van der Waals surface area contributed by atoms with Crippen molar-refractivity contribution in [3.8, 4) is 0 Å². The lowest BCUT2D eigenvalue weighted by Gasteiger charge is -2.20. The van der Waals surface area contributed by atoms with E-state index in [1.54, 1.807) is 19.0 Å². The zero-order valence-corrected chi connectivity index (χ0v) is 14.3. The molecule has 2 heterocycles. The van der Waals surface area contributed by atoms with E-state index in [4.69, 9.17) is 4.98 Å². The Labute approximate surface area is 131 Å². The molecule has 0 bridgehead atoms. The topological polar surface area (TPSA) is 51.0 Å². The number of aryl methyl sites for hydroxylation is 1. The van der Waals surface area contributed by atoms with Gasteiger partial charge in [-0.05, 0) is 46.6 Å². The first kappa shape index (κ1) is 15.0. The fraction of sp³-hybridized carbons (Fsp3) is 0.588. The van der Waals surface area contributed by atoms with Crippen molar-refractivity contribution in [1.29, 1.82) is 0 Å². The fourth-order valence-electron chi connectivity index (χ4n) is 2.77. The maximum absolute atomic E-state index is 12.6. The van der Waals surface area contributed by atoms with Gasteiger partial charge in [0.25, 0.3) is 5.91 Å². The van der Waals surface area contributed by atoms with E-state index in [1.165, 1.54) is 0 Å². The standard InChI is InChI=1S/C17H24N4O/c1-10-14-12(16(22)20(5)6)9-13(11-7-8-11)18-15(14)21(19-10)17(2,3)4/h9,11H,7-8H2,1-6H3. The summed E-state index contributed by atoms with van der Waals surface area (Å²) in [5.74, 6) is 0.521. The Balaban J connectivity index is 2.33. The Morgan fingerprint density at radius 3 is 2.45 bits per heavy atom. The van der Waals surface area contributed by atoms with Crippen LogP contribution in [-0.4, -0.2) is 39.7 Å². The Morgan fingerprint density at radius 1 is 1.32 bits per heavy atom. The quantitative estimate of drug-likeness (QED) is 0.856. The van der Waals surface area contributed by atoms with Gasteiger partial charge in [-0.25, -0.2) is 9.67 Å². The Morgan fingerprint density at radius 2 is 1.95 bits per heavy atom. The molecule has 118 valence electrons. The van der Waals surface area contributed by atoms with Gasteiger partial charge in [-0.2, -0.15) is 5.10 Å². The Bertz CT molecular complexity index is 748. The lowest BCUT2D eigenvalue weighted by molar-refractivity contribution is 0.0829. The minimum absolute atomic E-state index is 0.0193. The predicted molar refractivity (Wildman–Crippen MR) is 87.3 cm³/mol. The summed E-state index contributed by atoms with van der Waals surface area (Å²) in [5, 5.41) is 5.55. The predicted octanol–water partition coefficient (Wildman–Crippen LogP) is 3.07. The van der Waals surface area contributed by atoms with Crippen molar-refractivity contribution in [3.63, 3.8) is 0 Å². The molecular weight excluding hydrogens is 276 g/mol. The van der Waals surface area contributed by atoms with Crippen LogP contribution in [0, 0.1) is 6.92 Å². The average Bonchev–Trinajstić information content (AvgIpc) is 3.20. The van der Waals surface area contributed by atoms with Gasteiger partial charge in [0.1, 0.15) is 0 Å². The first-order chi connectivity index (χ1) is 10.2. The summed E-state index contributed by atoms with van der Waals surface area (Å²) in [6.45, 7) is 8.28. The number of carbonyl (C=O) groups is 1. The van der Waals surface area contributed by atoms with Crippen LogP contribution < -0.4 is 0 Å². The number of fused-ring (bicyclic) bond motifs is 1. The van der Waals surface area contributed by atoms with Gasteiger partial charge >= 0.3 is 0 Å². The van der Waals surface area contributed by atoms with Gasteiger partial charge in [-0.15, -0.1) is 0 Å². The van der Waals surface area contributed by atoms with Gasteiger partial charge in [0.15, 0.2) is 5.65 Å². The third kappa shape index (κ3) is 2.38. The maximum atomic E-state index is 12.6. The minimum Gasteiger partial charge on any atom is -0.345 e. The summed E-state index contributed by atoms with van der Waals surface area (Å²) in [4.78, 5) is 19.1. The molecule has 1 aliphatic rings. The van der Waals surface area contributed by atoms with E-state index in [0.29, 0.717) is 5.92 Å². The lowest BCUT2D eigenvalue weighted by Crippen LogP contribution is -2.24. The van der Waals surface area contributed by atoms with Crippen molar-refractivity contribution in [2.45, 2.75) is 52.0 Å². The largest absolute Gasteiger partial charge is 0.345 e. The van der Waals surface area contributed by atoms with Gasteiger partial charge in [-0.1, -0.05) is 0 Å². The fourth-order valence-corrected chi connectivity index (χ4v) is 2.77. The van der Waals surface area contributed by atoms with Crippen molar-refractivity contribution in [2.24, 2.45) is 0 Å². The summed E-state index contributed by atoms with van der Waals surface area (Å²) in [5.41, 5.74) is 3.29. The molecule has 0 radical (unpaired) electrons. The number of pyridine rings is 1. The van der Waals surface area contributed by atoms with Gasteiger partial charge in [0.05, 0.1) is 22.2 Å². The maximum Gasteiger partial charge on any atom is 0.254 e. The number of aromatic nitrogens is 3. The molecule has 1 aliphatic carbocycles. The molecule has 0 spiro atoms. The molecule has 0 atom stereocenters. The zero-order valence-electron chi connectivity index (χ0n) is 14.3. The normalized spacial score (nSPS) is 15.4. The second-order valence-corrected chi connectivity index (χ2v) is 7.44. The Kier molecular flexibility index (Phi) is 3.27. The zero-order chi connectivity index (χ0) is 16.2. The van der Waals surface area contributed by atoms with E-state index in [1.807, 2.05) is 17.7 Å². The van der Waals surface area contributed by atoms with E-state index in [-0.39, 0.29) is 11.4 Å². The first-order valence-corrected chi connectivity index (χ1v) is 7.82.